The smallest absolute Gasteiger partial charge is 0.208 e. The maximum Gasteiger partial charge on any atom is 0.208 e. The average molecular weight is 305 g/mol. The first-order valence-electron chi connectivity index (χ1n) is 7.97. The predicted octanol–water partition coefficient (Wildman–Crippen LogP) is 1.88. The molecule has 1 N–H and O–H groups in total. The molecule has 0 bridgehead atoms. The third-order valence-corrected chi connectivity index (χ3v) is 3.78. The van der Waals surface area contributed by atoms with Crippen LogP contribution in [0.25, 0.3) is 0 Å². The average Bonchev–Trinajstić information content (AvgIpc) is 3.17. The van der Waals surface area contributed by atoms with Gasteiger partial charge in [-0.1, -0.05) is 13.8 Å². The minimum absolute atomic E-state index is 0.0868. The number of aromatic nitrogens is 4. The van der Waals surface area contributed by atoms with Crippen molar-refractivity contribution in [2.45, 2.75) is 45.8 Å². The maximum absolute atomic E-state index is 5.81. The van der Waals surface area contributed by atoms with Gasteiger partial charge in [-0.05, 0) is 6.42 Å². The fourth-order valence-electron chi connectivity index (χ4n) is 2.58. The van der Waals surface area contributed by atoms with Gasteiger partial charge in [-0.3, -0.25) is 10.00 Å². The topological polar surface area (TPSA) is 80.1 Å². The number of nitrogens with zero attached hydrogens (tertiary/aromatic N) is 4. The number of H-pyrrole nitrogens is 1. The molecule has 2 aromatic heterocycles. The van der Waals surface area contributed by atoms with Crippen molar-refractivity contribution in [2.24, 2.45) is 0 Å². The minimum Gasteiger partial charge on any atom is -0.444 e. The van der Waals surface area contributed by atoms with Gasteiger partial charge in [0, 0.05) is 25.9 Å². The van der Waals surface area contributed by atoms with Crippen LogP contribution >= 0.6 is 0 Å². The lowest BCUT2D eigenvalue weighted by atomic mass is 10.2. The highest BCUT2D eigenvalue weighted by molar-refractivity contribution is 4.98. The molecule has 22 heavy (non-hydrogen) atoms. The normalized spacial score (nSPS) is 19.6. The summed E-state index contributed by atoms with van der Waals surface area (Å²) in [5, 5.41) is 7.28. The monoisotopic (exact) mass is 305 g/mol. The van der Waals surface area contributed by atoms with E-state index in [0.29, 0.717) is 13.2 Å². The number of aryl methyl sites for hydroxylation is 2. The molecule has 0 aromatic carbocycles. The summed E-state index contributed by atoms with van der Waals surface area (Å²) in [5.41, 5.74) is 0. The lowest BCUT2D eigenvalue weighted by Gasteiger charge is -2.30. The quantitative estimate of drug-likeness (QED) is 0.877. The zero-order valence-corrected chi connectivity index (χ0v) is 13.2. The second kappa shape index (κ2) is 7.02. The van der Waals surface area contributed by atoms with E-state index >= 15 is 0 Å². The van der Waals surface area contributed by atoms with E-state index in [2.05, 4.69) is 38.9 Å². The van der Waals surface area contributed by atoms with Crippen molar-refractivity contribution >= 4 is 0 Å². The highest BCUT2D eigenvalue weighted by Crippen LogP contribution is 2.20. The molecule has 1 fully saturated rings. The summed E-state index contributed by atoms with van der Waals surface area (Å²) < 4.78 is 11.5. The summed E-state index contributed by atoms with van der Waals surface area (Å²) >= 11 is 0. The molecule has 2 aromatic rings. The summed E-state index contributed by atoms with van der Waals surface area (Å²) in [6.45, 7) is 7.18. The van der Waals surface area contributed by atoms with Gasteiger partial charge in [0.05, 0.1) is 19.3 Å². The van der Waals surface area contributed by atoms with Gasteiger partial charge in [-0.25, -0.2) is 9.97 Å². The number of oxazole rings is 1. The van der Waals surface area contributed by atoms with Crippen LogP contribution in [0.15, 0.2) is 10.6 Å². The lowest BCUT2D eigenvalue weighted by Crippen LogP contribution is -2.38. The second-order valence-electron chi connectivity index (χ2n) is 5.56. The molecule has 0 aliphatic carbocycles. The van der Waals surface area contributed by atoms with Gasteiger partial charge in [0.2, 0.25) is 5.89 Å². The first-order valence-corrected chi connectivity index (χ1v) is 7.97. The predicted molar refractivity (Wildman–Crippen MR) is 80.2 cm³/mol. The minimum atomic E-state index is -0.0868. The molecular weight excluding hydrogens is 282 g/mol. The summed E-state index contributed by atoms with van der Waals surface area (Å²) in [5.74, 6) is 3.37. The van der Waals surface area contributed by atoms with Gasteiger partial charge < -0.3 is 9.15 Å². The summed E-state index contributed by atoms with van der Waals surface area (Å²) in [6.07, 6.45) is 4.56. The third-order valence-electron chi connectivity index (χ3n) is 3.78. The Labute approximate surface area is 130 Å². The Kier molecular flexibility index (Phi) is 4.84. The Balaban J connectivity index is 1.60. The summed E-state index contributed by atoms with van der Waals surface area (Å²) in [7, 11) is 0. The maximum atomic E-state index is 5.81. The number of rotatable bonds is 6. The molecule has 3 heterocycles. The number of hydrogen-bond acceptors (Lipinski definition) is 6. The molecule has 0 saturated carbocycles. The van der Waals surface area contributed by atoms with Crippen molar-refractivity contribution in [1.29, 1.82) is 0 Å². The van der Waals surface area contributed by atoms with Crippen molar-refractivity contribution in [2.75, 3.05) is 19.7 Å². The molecule has 1 atom stereocenters. The first kappa shape index (κ1) is 15.2. The molecule has 1 aliphatic rings. The Bertz CT molecular complexity index is 594. The van der Waals surface area contributed by atoms with Gasteiger partial charge in [0.25, 0.3) is 0 Å². The van der Waals surface area contributed by atoms with E-state index in [1.807, 2.05) is 0 Å². The Morgan fingerprint density at radius 3 is 3.09 bits per heavy atom. The molecule has 120 valence electrons. The molecule has 1 aliphatic heterocycles. The molecule has 1 saturated heterocycles. The molecule has 0 radical (unpaired) electrons. The third kappa shape index (κ3) is 3.53. The van der Waals surface area contributed by atoms with E-state index in [-0.39, 0.29) is 6.10 Å². The zero-order chi connectivity index (χ0) is 15.4. The van der Waals surface area contributed by atoms with Crippen molar-refractivity contribution in [3.05, 3.63) is 29.5 Å². The molecule has 0 spiro atoms. The van der Waals surface area contributed by atoms with E-state index in [1.54, 1.807) is 6.20 Å². The van der Waals surface area contributed by atoms with Crippen LogP contribution in [0.3, 0.4) is 0 Å². The van der Waals surface area contributed by atoms with Crippen LogP contribution in [0, 0.1) is 0 Å². The van der Waals surface area contributed by atoms with E-state index < -0.39 is 0 Å². The molecule has 7 nitrogen and oxygen atoms in total. The Morgan fingerprint density at radius 2 is 2.32 bits per heavy atom. The van der Waals surface area contributed by atoms with Crippen molar-refractivity contribution in [3.8, 4) is 0 Å². The number of nitrogens with one attached hydrogen (secondary N) is 1. The van der Waals surface area contributed by atoms with Crippen molar-refractivity contribution in [3.63, 3.8) is 0 Å². The van der Waals surface area contributed by atoms with Gasteiger partial charge in [-0.15, -0.1) is 0 Å². The van der Waals surface area contributed by atoms with E-state index in [1.165, 1.54) is 0 Å². The van der Waals surface area contributed by atoms with Crippen LogP contribution in [0.4, 0.5) is 0 Å². The molecule has 1 unspecified atom stereocenters. The van der Waals surface area contributed by atoms with Crippen molar-refractivity contribution in [1.82, 2.24) is 25.1 Å². The zero-order valence-electron chi connectivity index (χ0n) is 13.2. The van der Waals surface area contributed by atoms with Gasteiger partial charge in [0.15, 0.2) is 5.82 Å². The first-order chi connectivity index (χ1) is 10.8. The molecular formula is C15H23N5O2. The molecule has 3 rings (SSSR count). The van der Waals surface area contributed by atoms with E-state index in [9.17, 15) is 0 Å². The number of ether oxygens (including phenoxy) is 1. The number of morpholine rings is 1. The van der Waals surface area contributed by atoms with E-state index in [4.69, 9.17) is 9.15 Å². The highest BCUT2D eigenvalue weighted by atomic mass is 16.5. The second-order valence-corrected chi connectivity index (χ2v) is 5.56. The Hall–Kier alpha value is -1.73. The highest BCUT2D eigenvalue weighted by Gasteiger charge is 2.26. The van der Waals surface area contributed by atoms with Crippen LogP contribution < -0.4 is 0 Å². The van der Waals surface area contributed by atoms with Gasteiger partial charge in [-0.2, -0.15) is 5.10 Å². The Morgan fingerprint density at radius 1 is 1.41 bits per heavy atom. The van der Waals surface area contributed by atoms with Crippen LogP contribution in [-0.2, 0) is 24.1 Å². The summed E-state index contributed by atoms with van der Waals surface area (Å²) in [6, 6.07) is 0. The van der Waals surface area contributed by atoms with E-state index in [0.717, 1.165) is 55.7 Å². The van der Waals surface area contributed by atoms with Crippen LogP contribution in [-0.4, -0.2) is 44.8 Å². The molecule has 0 amide bonds. The SMILES string of the molecule is CCCc1nc(C2CN(Cc3ncc(CC)o3)CCO2)n[nH]1. The van der Waals surface area contributed by atoms with Crippen LogP contribution in [0.5, 0.6) is 0 Å². The fourth-order valence-corrected chi connectivity index (χ4v) is 2.58. The lowest BCUT2D eigenvalue weighted by molar-refractivity contribution is -0.0393. The number of hydrogen-bond donors (Lipinski definition) is 1. The molecule has 7 heteroatoms. The number of aromatic amines is 1. The van der Waals surface area contributed by atoms with Crippen LogP contribution in [0.1, 0.15) is 49.7 Å². The fraction of sp³-hybridized carbons (Fsp3) is 0.667. The van der Waals surface area contributed by atoms with Crippen molar-refractivity contribution < 1.29 is 9.15 Å². The van der Waals surface area contributed by atoms with Gasteiger partial charge >= 0.3 is 0 Å². The summed E-state index contributed by atoms with van der Waals surface area (Å²) in [4.78, 5) is 11.1. The van der Waals surface area contributed by atoms with Crippen LogP contribution in [0.2, 0.25) is 0 Å². The van der Waals surface area contributed by atoms with Gasteiger partial charge in [0.1, 0.15) is 17.7 Å². The standard InChI is InChI=1S/C15H23N5O2/c1-3-5-13-17-15(19-18-13)12-9-20(6-7-21-12)10-14-16-8-11(4-2)22-14/h8,12H,3-7,9-10H2,1-2H3,(H,17,18,19). The largest absolute Gasteiger partial charge is 0.444 e.